The molecule has 1 aromatic rings. The van der Waals surface area contributed by atoms with Gasteiger partial charge in [0.15, 0.2) is 0 Å². The highest BCUT2D eigenvalue weighted by molar-refractivity contribution is 7.06. The molecule has 4 heteroatoms. The van der Waals surface area contributed by atoms with Crippen LogP contribution in [0.25, 0.3) is 0 Å². The van der Waals surface area contributed by atoms with Gasteiger partial charge >= 0.3 is 0 Å². The first kappa shape index (κ1) is 10.5. The monoisotopic (exact) mass is 200 g/mol. The third kappa shape index (κ3) is 2.97. The Kier molecular flexibility index (Phi) is 3.69. The van der Waals surface area contributed by atoms with Crippen LogP contribution >= 0.6 is 11.5 Å². The highest BCUT2D eigenvalue weighted by Gasteiger charge is 2.10. The van der Waals surface area contributed by atoms with Crippen molar-refractivity contribution in [2.24, 2.45) is 0 Å². The lowest BCUT2D eigenvalue weighted by atomic mass is 10.2. The summed E-state index contributed by atoms with van der Waals surface area (Å²) in [5, 5.41) is 3.41. The van der Waals surface area contributed by atoms with Gasteiger partial charge in [0, 0.05) is 23.0 Å². The number of aromatic nitrogens is 1. The van der Waals surface area contributed by atoms with Gasteiger partial charge in [-0.05, 0) is 18.5 Å². The van der Waals surface area contributed by atoms with Gasteiger partial charge in [0.2, 0.25) is 5.88 Å². The Labute approximate surface area is 83.3 Å². The molecule has 0 radical (unpaired) electrons. The predicted molar refractivity (Wildman–Crippen MR) is 55.4 cm³/mol. The molecular weight excluding hydrogens is 184 g/mol. The van der Waals surface area contributed by atoms with E-state index in [1.165, 1.54) is 16.4 Å². The Bertz CT molecular complexity index is 260. The molecule has 1 rings (SSSR count). The van der Waals surface area contributed by atoms with Crippen molar-refractivity contribution >= 4 is 11.5 Å². The Hall–Kier alpha value is -0.610. The molecule has 3 nitrogen and oxygen atoms in total. The van der Waals surface area contributed by atoms with Gasteiger partial charge in [0.05, 0.1) is 7.11 Å². The molecular formula is C9H16N2OS. The maximum Gasteiger partial charge on any atom is 0.225 e. The summed E-state index contributed by atoms with van der Waals surface area (Å²) in [6.45, 7) is 6.40. The summed E-state index contributed by atoms with van der Waals surface area (Å²) >= 11 is 1.49. The maximum absolute atomic E-state index is 5.02. The molecule has 1 N–H and O–H groups in total. The fraction of sp³-hybridized carbons (Fsp3) is 0.667. The summed E-state index contributed by atoms with van der Waals surface area (Å²) in [6, 6.07) is 2.81. The van der Waals surface area contributed by atoms with Gasteiger partial charge < -0.3 is 10.1 Å². The Morgan fingerprint density at radius 2 is 2.15 bits per heavy atom. The molecule has 0 saturated carbocycles. The molecule has 1 atom stereocenters. The van der Waals surface area contributed by atoms with Crippen LogP contribution in [0.1, 0.15) is 31.7 Å². The Morgan fingerprint density at radius 3 is 2.62 bits per heavy atom. The highest BCUT2D eigenvalue weighted by Crippen LogP contribution is 2.22. The van der Waals surface area contributed by atoms with Crippen molar-refractivity contribution < 1.29 is 4.74 Å². The van der Waals surface area contributed by atoms with Gasteiger partial charge in [-0.1, -0.05) is 13.8 Å². The second kappa shape index (κ2) is 4.58. The van der Waals surface area contributed by atoms with Crippen LogP contribution in [0.3, 0.4) is 0 Å². The lowest BCUT2D eigenvalue weighted by molar-refractivity contribution is 0.402. The normalized spacial score (nSPS) is 13.3. The van der Waals surface area contributed by atoms with Gasteiger partial charge in [-0.15, -0.1) is 0 Å². The van der Waals surface area contributed by atoms with Crippen LogP contribution in [0.4, 0.5) is 0 Å². The lowest BCUT2D eigenvalue weighted by Gasteiger charge is -2.14. The number of nitrogens with one attached hydrogen (secondary N) is 1. The van der Waals surface area contributed by atoms with Crippen molar-refractivity contribution in [1.82, 2.24) is 9.69 Å². The summed E-state index contributed by atoms with van der Waals surface area (Å²) in [6.07, 6.45) is 0. The standard InChI is InChI=1S/C9H16N2OS/c1-6(2)10-7(3)8-5-9(12-4)11-13-8/h5-7,10H,1-4H3. The lowest BCUT2D eigenvalue weighted by Crippen LogP contribution is -2.25. The molecule has 0 spiro atoms. The molecule has 74 valence electrons. The van der Waals surface area contributed by atoms with Crippen molar-refractivity contribution in [3.63, 3.8) is 0 Å². The fourth-order valence-electron chi connectivity index (χ4n) is 1.15. The Morgan fingerprint density at radius 1 is 1.46 bits per heavy atom. The molecule has 0 aliphatic rings. The van der Waals surface area contributed by atoms with Gasteiger partial charge in [0.25, 0.3) is 0 Å². The molecule has 0 aromatic carbocycles. The zero-order valence-electron chi connectivity index (χ0n) is 8.50. The first-order valence-electron chi connectivity index (χ1n) is 4.40. The molecule has 13 heavy (non-hydrogen) atoms. The number of ether oxygens (including phenoxy) is 1. The minimum atomic E-state index is 0.349. The minimum absolute atomic E-state index is 0.349. The van der Waals surface area contributed by atoms with Crippen LogP contribution in [0, 0.1) is 0 Å². The van der Waals surface area contributed by atoms with Crippen molar-refractivity contribution in [3.05, 3.63) is 10.9 Å². The summed E-state index contributed by atoms with van der Waals surface area (Å²) in [5.74, 6) is 0.706. The van der Waals surface area contributed by atoms with E-state index in [0.717, 1.165) is 0 Å². The second-order valence-electron chi connectivity index (χ2n) is 3.31. The van der Waals surface area contributed by atoms with E-state index in [2.05, 4.69) is 30.5 Å². The third-order valence-corrected chi connectivity index (χ3v) is 2.68. The molecule has 0 fully saturated rings. The van der Waals surface area contributed by atoms with Crippen LogP contribution < -0.4 is 10.1 Å². The Balaban J connectivity index is 2.60. The molecule has 1 unspecified atom stereocenters. The smallest absolute Gasteiger partial charge is 0.225 e. The summed E-state index contributed by atoms with van der Waals surface area (Å²) in [7, 11) is 1.64. The average molecular weight is 200 g/mol. The molecule has 0 bridgehead atoms. The molecule has 0 aliphatic carbocycles. The van der Waals surface area contributed by atoms with Gasteiger partial charge in [-0.25, -0.2) is 0 Å². The fourth-order valence-corrected chi connectivity index (χ4v) is 1.86. The van der Waals surface area contributed by atoms with E-state index >= 15 is 0 Å². The molecule has 1 aromatic heterocycles. The molecule has 0 aliphatic heterocycles. The number of methoxy groups -OCH3 is 1. The summed E-state index contributed by atoms with van der Waals surface area (Å²) in [5.41, 5.74) is 0. The van der Waals surface area contributed by atoms with E-state index in [1.807, 2.05) is 6.07 Å². The van der Waals surface area contributed by atoms with Crippen LogP contribution in [0.15, 0.2) is 6.07 Å². The number of hydrogen-bond donors (Lipinski definition) is 1. The van der Waals surface area contributed by atoms with Crippen LogP contribution in [-0.4, -0.2) is 17.5 Å². The van der Waals surface area contributed by atoms with Crippen molar-refractivity contribution in [2.45, 2.75) is 32.9 Å². The van der Waals surface area contributed by atoms with Gasteiger partial charge in [0.1, 0.15) is 0 Å². The van der Waals surface area contributed by atoms with E-state index in [4.69, 9.17) is 4.74 Å². The van der Waals surface area contributed by atoms with E-state index in [0.29, 0.717) is 18.0 Å². The number of nitrogens with zero attached hydrogens (tertiary/aromatic N) is 1. The quantitative estimate of drug-likeness (QED) is 0.809. The van der Waals surface area contributed by atoms with Crippen LogP contribution in [0.2, 0.25) is 0 Å². The number of hydrogen-bond acceptors (Lipinski definition) is 4. The van der Waals surface area contributed by atoms with Crippen molar-refractivity contribution in [1.29, 1.82) is 0 Å². The second-order valence-corrected chi connectivity index (χ2v) is 4.15. The maximum atomic E-state index is 5.02. The zero-order valence-corrected chi connectivity index (χ0v) is 9.31. The highest BCUT2D eigenvalue weighted by atomic mass is 32.1. The first-order valence-corrected chi connectivity index (χ1v) is 5.17. The van der Waals surface area contributed by atoms with E-state index in [1.54, 1.807) is 7.11 Å². The predicted octanol–water partition coefficient (Wildman–Crippen LogP) is 2.21. The van der Waals surface area contributed by atoms with Crippen LogP contribution in [0.5, 0.6) is 5.88 Å². The SMILES string of the molecule is COc1cc(C(C)NC(C)C)sn1. The molecule has 1 heterocycles. The first-order chi connectivity index (χ1) is 6.13. The van der Waals surface area contributed by atoms with Crippen LogP contribution in [-0.2, 0) is 0 Å². The summed E-state index contributed by atoms with van der Waals surface area (Å²) < 4.78 is 9.16. The topological polar surface area (TPSA) is 34.1 Å². The molecule has 0 saturated heterocycles. The van der Waals surface area contributed by atoms with Gasteiger partial charge in [-0.3, -0.25) is 0 Å². The van der Waals surface area contributed by atoms with E-state index in [-0.39, 0.29) is 0 Å². The average Bonchev–Trinajstić information content (AvgIpc) is 2.50. The van der Waals surface area contributed by atoms with Crippen molar-refractivity contribution in [3.8, 4) is 5.88 Å². The van der Waals surface area contributed by atoms with E-state index < -0.39 is 0 Å². The van der Waals surface area contributed by atoms with Gasteiger partial charge in [-0.2, -0.15) is 4.37 Å². The largest absolute Gasteiger partial charge is 0.480 e. The number of rotatable bonds is 4. The van der Waals surface area contributed by atoms with Crippen molar-refractivity contribution in [2.75, 3.05) is 7.11 Å². The van der Waals surface area contributed by atoms with E-state index in [9.17, 15) is 0 Å². The third-order valence-electron chi connectivity index (χ3n) is 1.73. The zero-order chi connectivity index (χ0) is 9.84. The minimum Gasteiger partial charge on any atom is -0.480 e. The summed E-state index contributed by atoms with van der Waals surface area (Å²) in [4.78, 5) is 1.21. The molecule has 0 amide bonds.